The number of likely N-dealkylation sites (tertiary alicyclic amines) is 1. The monoisotopic (exact) mass is 363 g/mol. The van der Waals surface area contributed by atoms with Gasteiger partial charge in [0.2, 0.25) is 10.0 Å². The fourth-order valence-electron chi connectivity index (χ4n) is 3.12. The Morgan fingerprint density at radius 1 is 1.12 bits per heavy atom. The highest BCUT2D eigenvalue weighted by molar-refractivity contribution is 7.89. The van der Waals surface area contributed by atoms with Crippen LogP contribution in [0, 0.1) is 0 Å². The van der Waals surface area contributed by atoms with Crippen LogP contribution in [0.2, 0.25) is 0 Å². The lowest BCUT2D eigenvalue weighted by atomic mass is 9.99. The average molecular weight is 363 g/mol. The number of amidine groups is 1. The van der Waals surface area contributed by atoms with Crippen molar-refractivity contribution in [1.29, 1.82) is 0 Å². The van der Waals surface area contributed by atoms with E-state index >= 15 is 0 Å². The maximum Gasteiger partial charge on any atom is 0.240 e. The Bertz CT molecular complexity index is 770. The standard InChI is InChI=1S/C17H25N5O2S/c1-17(2,3)22-10-8-14(9-11-22)21-25(23,24)15-6-4-13(5-7-15)16-18-12-19-20-16/h4-7,14,21H,8-12H2,1-3H3. The van der Waals surface area contributed by atoms with E-state index in [9.17, 15) is 8.42 Å². The number of azo groups is 1. The van der Waals surface area contributed by atoms with Gasteiger partial charge in [0.1, 0.15) is 0 Å². The summed E-state index contributed by atoms with van der Waals surface area (Å²) in [5.74, 6) is 0.548. The van der Waals surface area contributed by atoms with Crippen LogP contribution in [-0.2, 0) is 10.0 Å². The van der Waals surface area contributed by atoms with Gasteiger partial charge in [0.05, 0.1) is 4.90 Å². The van der Waals surface area contributed by atoms with Gasteiger partial charge in [0.25, 0.3) is 0 Å². The van der Waals surface area contributed by atoms with Crippen molar-refractivity contribution in [2.75, 3.05) is 19.8 Å². The zero-order valence-corrected chi connectivity index (χ0v) is 15.8. The average Bonchev–Trinajstić information content (AvgIpc) is 3.09. The number of hydrogen-bond acceptors (Lipinski definition) is 6. The van der Waals surface area contributed by atoms with Crippen LogP contribution in [0.5, 0.6) is 0 Å². The second kappa shape index (κ2) is 6.93. The van der Waals surface area contributed by atoms with Gasteiger partial charge in [-0.2, -0.15) is 5.11 Å². The van der Waals surface area contributed by atoms with Gasteiger partial charge in [-0.15, -0.1) is 5.11 Å². The molecule has 0 radical (unpaired) electrons. The van der Waals surface area contributed by atoms with Crippen molar-refractivity contribution in [3.8, 4) is 0 Å². The molecule has 1 saturated heterocycles. The molecule has 0 aliphatic carbocycles. The molecule has 1 aromatic carbocycles. The lowest BCUT2D eigenvalue weighted by molar-refractivity contribution is 0.100. The van der Waals surface area contributed by atoms with E-state index < -0.39 is 10.0 Å². The van der Waals surface area contributed by atoms with Crippen molar-refractivity contribution in [3.05, 3.63) is 29.8 Å². The van der Waals surface area contributed by atoms with Gasteiger partial charge in [0, 0.05) is 30.2 Å². The number of sulfonamides is 1. The largest absolute Gasteiger partial charge is 0.298 e. The van der Waals surface area contributed by atoms with Crippen LogP contribution >= 0.6 is 0 Å². The first-order chi connectivity index (χ1) is 11.8. The maximum absolute atomic E-state index is 12.6. The Labute approximate surface area is 149 Å². The lowest BCUT2D eigenvalue weighted by Gasteiger charge is -2.40. The van der Waals surface area contributed by atoms with E-state index in [4.69, 9.17) is 0 Å². The minimum absolute atomic E-state index is 0.0173. The predicted molar refractivity (Wildman–Crippen MR) is 97.4 cm³/mol. The molecule has 0 bridgehead atoms. The van der Waals surface area contributed by atoms with Crippen molar-refractivity contribution < 1.29 is 8.42 Å². The third kappa shape index (κ3) is 4.31. The van der Waals surface area contributed by atoms with E-state index in [-0.39, 0.29) is 16.5 Å². The molecule has 0 aromatic heterocycles. The molecule has 0 atom stereocenters. The molecule has 2 heterocycles. The fourth-order valence-corrected chi connectivity index (χ4v) is 4.42. The van der Waals surface area contributed by atoms with Gasteiger partial charge in [-0.05, 0) is 57.9 Å². The second-order valence-electron chi connectivity index (χ2n) is 7.44. The molecule has 1 fully saturated rings. The molecule has 1 N–H and O–H groups in total. The first-order valence-corrected chi connectivity index (χ1v) is 10.0. The number of piperidine rings is 1. The van der Waals surface area contributed by atoms with Crippen LogP contribution < -0.4 is 4.72 Å². The number of nitrogens with one attached hydrogen (secondary N) is 1. The van der Waals surface area contributed by atoms with Gasteiger partial charge < -0.3 is 0 Å². The zero-order chi connectivity index (χ0) is 18.1. The number of hydrogen-bond donors (Lipinski definition) is 1. The van der Waals surface area contributed by atoms with Crippen LogP contribution in [0.3, 0.4) is 0 Å². The van der Waals surface area contributed by atoms with Crippen LogP contribution in [0.15, 0.2) is 44.4 Å². The van der Waals surface area contributed by atoms with Gasteiger partial charge >= 0.3 is 0 Å². The summed E-state index contributed by atoms with van der Waals surface area (Å²) in [7, 11) is -3.52. The summed E-state index contributed by atoms with van der Waals surface area (Å²) in [5, 5.41) is 7.72. The second-order valence-corrected chi connectivity index (χ2v) is 9.16. The Morgan fingerprint density at radius 2 is 1.76 bits per heavy atom. The summed E-state index contributed by atoms with van der Waals surface area (Å²) in [6.07, 6.45) is 1.65. The van der Waals surface area contributed by atoms with Crippen molar-refractivity contribution in [3.63, 3.8) is 0 Å². The summed E-state index contributed by atoms with van der Waals surface area (Å²) >= 11 is 0. The van der Waals surface area contributed by atoms with E-state index in [2.05, 4.69) is 45.6 Å². The van der Waals surface area contributed by atoms with Crippen LogP contribution in [-0.4, -0.2) is 50.5 Å². The van der Waals surface area contributed by atoms with E-state index in [0.29, 0.717) is 12.5 Å². The van der Waals surface area contributed by atoms with Gasteiger partial charge in [-0.25, -0.2) is 18.1 Å². The highest BCUT2D eigenvalue weighted by atomic mass is 32.2. The molecule has 8 heteroatoms. The minimum Gasteiger partial charge on any atom is -0.298 e. The summed E-state index contributed by atoms with van der Waals surface area (Å²) in [4.78, 5) is 6.79. The number of rotatable bonds is 4. The lowest BCUT2D eigenvalue weighted by Crippen LogP contribution is -2.50. The van der Waals surface area contributed by atoms with Crippen molar-refractivity contribution in [2.45, 2.75) is 50.1 Å². The molecule has 1 aromatic rings. The molecule has 0 unspecified atom stereocenters. The van der Waals surface area contributed by atoms with Crippen molar-refractivity contribution in [2.24, 2.45) is 15.2 Å². The molecule has 7 nitrogen and oxygen atoms in total. The zero-order valence-electron chi connectivity index (χ0n) is 14.9. The Hall–Kier alpha value is -1.64. The first-order valence-electron chi connectivity index (χ1n) is 8.55. The van der Waals surface area contributed by atoms with E-state index in [0.717, 1.165) is 31.5 Å². The van der Waals surface area contributed by atoms with E-state index in [1.807, 2.05) is 0 Å². The normalized spacial score (nSPS) is 20.0. The van der Waals surface area contributed by atoms with E-state index in [1.165, 1.54) is 0 Å². The summed E-state index contributed by atoms with van der Waals surface area (Å²) in [5.41, 5.74) is 0.902. The van der Waals surface area contributed by atoms with Gasteiger partial charge in [0.15, 0.2) is 12.5 Å². The summed E-state index contributed by atoms with van der Waals surface area (Å²) in [6.45, 7) is 8.71. The highest BCUT2D eigenvalue weighted by Gasteiger charge is 2.29. The Kier molecular flexibility index (Phi) is 5.04. The third-order valence-corrected chi connectivity index (χ3v) is 6.17. The number of benzene rings is 1. The fraction of sp³-hybridized carbons (Fsp3) is 0.588. The maximum atomic E-state index is 12.6. The molecule has 136 valence electrons. The summed E-state index contributed by atoms with van der Waals surface area (Å²) in [6, 6.07) is 6.62. The predicted octanol–water partition coefficient (Wildman–Crippen LogP) is 2.40. The first kappa shape index (κ1) is 18.2. The minimum atomic E-state index is -3.52. The molecule has 0 amide bonds. The van der Waals surface area contributed by atoms with Gasteiger partial charge in [-0.1, -0.05) is 0 Å². The molecule has 0 spiro atoms. The molecular weight excluding hydrogens is 338 g/mol. The molecule has 25 heavy (non-hydrogen) atoms. The van der Waals surface area contributed by atoms with Crippen molar-refractivity contribution >= 4 is 15.9 Å². The molecular formula is C17H25N5O2S. The topological polar surface area (TPSA) is 86.5 Å². The van der Waals surface area contributed by atoms with Crippen molar-refractivity contribution in [1.82, 2.24) is 9.62 Å². The summed E-state index contributed by atoms with van der Waals surface area (Å²) < 4.78 is 28.1. The number of aliphatic imine (C=N–C) groups is 1. The Morgan fingerprint density at radius 3 is 2.28 bits per heavy atom. The van der Waals surface area contributed by atoms with E-state index in [1.54, 1.807) is 24.3 Å². The smallest absolute Gasteiger partial charge is 0.240 e. The highest BCUT2D eigenvalue weighted by Crippen LogP contribution is 2.21. The quantitative estimate of drug-likeness (QED) is 0.891. The number of nitrogens with zero attached hydrogens (tertiary/aromatic N) is 4. The van der Waals surface area contributed by atoms with Gasteiger partial charge in [-0.3, -0.25) is 4.90 Å². The SMILES string of the molecule is CC(C)(C)N1CCC(NS(=O)(=O)c2ccc(C3=NCN=N3)cc2)CC1. The molecule has 2 aliphatic heterocycles. The third-order valence-electron chi connectivity index (χ3n) is 4.64. The molecule has 2 aliphatic rings. The molecule has 0 saturated carbocycles. The van der Waals surface area contributed by atoms with Crippen LogP contribution in [0.1, 0.15) is 39.2 Å². The van der Waals surface area contributed by atoms with Crippen LogP contribution in [0.4, 0.5) is 0 Å². The Balaban J connectivity index is 1.63. The van der Waals surface area contributed by atoms with Crippen LogP contribution in [0.25, 0.3) is 0 Å². The molecule has 3 rings (SSSR count).